The van der Waals surface area contributed by atoms with Gasteiger partial charge in [-0.15, -0.1) is 6.58 Å². The summed E-state index contributed by atoms with van der Waals surface area (Å²) in [5.74, 6) is 1.03. The van der Waals surface area contributed by atoms with Crippen LogP contribution < -0.4 is 15.0 Å². The van der Waals surface area contributed by atoms with Crippen LogP contribution in [0.1, 0.15) is 34.7 Å². The van der Waals surface area contributed by atoms with Crippen molar-refractivity contribution in [3.63, 3.8) is 0 Å². The second-order valence-corrected chi connectivity index (χ2v) is 10.1. The third-order valence-electron chi connectivity index (χ3n) is 6.85. The SMILES string of the molecule is C=CCc1cc(C=Nn2c(-c3cccc(C(F)(F)F)c3)nc3ccccc3c2=O)cc(OCC)c1OCc1ccc(C)cc1. The quantitative estimate of drug-likeness (QED) is 0.121. The molecule has 1 aromatic heterocycles. The summed E-state index contributed by atoms with van der Waals surface area (Å²) < 4.78 is 53.8. The number of ether oxygens (including phenoxy) is 2. The largest absolute Gasteiger partial charge is 0.490 e. The highest BCUT2D eigenvalue weighted by Crippen LogP contribution is 2.35. The van der Waals surface area contributed by atoms with Crippen molar-refractivity contribution in [1.29, 1.82) is 0 Å². The van der Waals surface area contributed by atoms with E-state index in [0.717, 1.165) is 33.5 Å². The standard InChI is InChI=1S/C35H30F3N3O3/c1-4-9-26-18-25(19-31(43-5-2)32(26)44-22-24-16-14-23(3)15-17-24)21-39-41-33(27-10-8-11-28(20-27)35(36,37)38)40-30-13-7-6-12-29(30)34(41)42/h4,6-8,10-21H,1,5,9,22H2,2-3H3. The highest BCUT2D eigenvalue weighted by Gasteiger charge is 2.31. The molecule has 5 aromatic rings. The second-order valence-electron chi connectivity index (χ2n) is 10.1. The van der Waals surface area contributed by atoms with Crippen LogP contribution in [0.4, 0.5) is 13.2 Å². The van der Waals surface area contributed by atoms with Gasteiger partial charge in [-0.05, 0) is 67.8 Å². The Balaban J connectivity index is 1.59. The van der Waals surface area contributed by atoms with Crippen molar-refractivity contribution >= 4 is 17.1 Å². The Morgan fingerprint density at radius 2 is 1.75 bits per heavy atom. The first-order valence-corrected chi connectivity index (χ1v) is 14.0. The van der Waals surface area contributed by atoms with Crippen molar-refractivity contribution in [2.75, 3.05) is 6.61 Å². The number of para-hydroxylation sites is 1. The van der Waals surface area contributed by atoms with E-state index in [1.54, 1.807) is 36.4 Å². The number of halogens is 3. The molecule has 4 aromatic carbocycles. The summed E-state index contributed by atoms with van der Waals surface area (Å²) in [5, 5.41) is 4.72. The van der Waals surface area contributed by atoms with E-state index in [1.807, 2.05) is 44.2 Å². The molecule has 0 aliphatic rings. The lowest BCUT2D eigenvalue weighted by atomic mass is 10.1. The van der Waals surface area contributed by atoms with Crippen LogP contribution in [0.2, 0.25) is 0 Å². The molecule has 0 aliphatic carbocycles. The molecule has 9 heteroatoms. The van der Waals surface area contributed by atoms with Gasteiger partial charge in [-0.3, -0.25) is 4.79 Å². The number of allylic oxidation sites excluding steroid dienone is 1. The molecule has 0 amide bonds. The Morgan fingerprint density at radius 3 is 2.48 bits per heavy atom. The molecule has 224 valence electrons. The van der Waals surface area contributed by atoms with E-state index >= 15 is 0 Å². The molecule has 1 heterocycles. The predicted octanol–water partition coefficient (Wildman–Crippen LogP) is 7.98. The number of benzene rings is 4. The van der Waals surface area contributed by atoms with Gasteiger partial charge < -0.3 is 9.47 Å². The molecule has 0 saturated carbocycles. The number of alkyl halides is 3. The smallest absolute Gasteiger partial charge is 0.416 e. The minimum Gasteiger partial charge on any atom is -0.490 e. The van der Waals surface area contributed by atoms with Gasteiger partial charge in [0.1, 0.15) is 6.61 Å². The maximum Gasteiger partial charge on any atom is 0.416 e. The number of hydrogen-bond acceptors (Lipinski definition) is 5. The second kappa shape index (κ2) is 13.0. The molecule has 0 bridgehead atoms. The molecule has 0 fully saturated rings. The van der Waals surface area contributed by atoms with Crippen LogP contribution in [0.5, 0.6) is 11.5 Å². The van der Waals surface area contributed by atoms with Crippen molar-refractivity contribution in [3.05, 3.63) is 136 Å². The fraction of sp³-hybridized carbons (Fsp3) is 0.171. The average Bonchev–Trinajstić information content (AvgIpc) is 3.01. The van der Waals surface area contributed by atoms with Crippen LogP contribution in [-0.2, 0) is 19.2 Å². The van der Waals surface area contributed by atoms with Gasteiger partial charge >= 0.3 is 6.18 Å². The van der Waals surface area contributed by atoms with Crippen molar-refractivity contribution < 1.29 is 22.6 Å². The first-order chi connectivity index (χ1) is 21.2. The Morgan fingerprint density at radius 1 is 0.977 bits per heavy atom. The maximum absolute atomic E-state index is 13.6. The zero-order chi connectivity index (χ0) is 31.3. The molecular weight excluding hydrogens is 567 g/mol. The molecule has 5 rings (SSSR count). The lowest BCUT2D eigenvalue weighted by molar-refractivity contribution is -0.137. The number of fused-ring (bicyclic) bond motifs is 1. The summed E-state index contributed by atoms with van der Waals surface area (Å²) in [6, 6.07) is 22.9. The maximum atomic E-state index is 13.6. The van der Waals surface area contributed by atoms with Crippen molar-refractivity contribution in [2.45, 2.75) is 33.1 Å². The van der Waals surface area contributed by atoms with Crippen LogP contribution in [0.15, 0.2) is 107 Å². The van der Waals surface area contributed by atoms with Gasteiger partial charge in [0.05, 0.1) is 29.3 Å². The molecule has 0 saturated heterocycles. The number of rotatable bonds is 10. The average molecular weight is 598 g/mol. The molecular formula is C35H30F3N3O3. The number of aromatic nitrogens is 2. The molecule has 0 N–H and O–H groups in total. The van der Waals surface area contributed by atoms with Gasteiger partial charge in [0.25, 0.3) is 5.56 Å². The van der Waals surface area contributed by atoms with Crippen LogP contribution in [0.3, 0.4) is 0 Å². The normalized spacial score (nSPS) is 11.7. The minimum absolute atomic E-state index is 0.0227. The summed E-state index contributed by atoms with van der Waals surface area (Å²) in [7, 11) is 0. The zero-order valence-electron chi connectivity index (χ0n) is 24.3. The van der Waals surface area contributed by atoms with Gasteiger partial charge in [0, 0.05) is 11.1 Å². The van der Waals surface area contributed by atoms with Crippen LogP contribution >= 0.6 is 0 Å². The first-order valence-electron chi connectivity index (χ1n) is 14.0. The third kappa shape index (κ3) is 6.72. The minimum atomic E-state index is -4.57. The Bertz CT molecular complexity index is 1890. The van der Waals surface area contributed by atoms with E-state index in [-0.39, 0.29) is 16.8 Å². The van der Waals surface area contributed by atoms with Gasteiger partial charge in [0.15, 0.2) is 17.3 Å². The van der Waals surface area contributed by atoms with E-state index in [0.29, 0.717) is 42.2 Å². The summed E-state index contributed by atoms with van der Waals surface area (Å²) in [6.45, 7) is 8.46. The summed E-state index contributed by atoms with van der Waals surface area (Å²) in [4.78, 5) is 18.1. The molecule has 44 heavy (non-hydrogen) atoms. The lowest BCUT2D eigenvalue weighted by Crippen LogP contribution is -2.20. The topological polar surface area (TPSA) is 65.7 Å². The van der Waals surface area contributed by atoms with E-state index in [2.05, 4.69) is 16.7 Å². The van der Waals surface area contributed by atoms with Crippen LogP contribution in [0.25, 0.3) is 22.3 Å². The fourth-order valence-corrected chi connectivity index (χ4v) is 4.71. The molecule has 0 spiro atoms. The molecule has 0 unspecified atom stereocenters. The summed E-state index contributed by atoms with van der Waals surface area (Å²) >= 11 is 0. The third-order valence-corrected chi connectivity index (χ3v) is 6.85. The Labute approximate surface area is 252 Å². The van der Waals surface area contributed by atoms with E-state index < -0.39 is 17.3 Å². The van der Waals surface area contributed by atoms with Crippen LogP contribution in [-0.4, -0.2) is 22.5 Å². The fourth-order valence-electron chi connectivity index (χ4n) is 4.71. The molecule has 0 aliphatic heterocycles. The van der Waals surface area contributed by atoms with Gasteiger partial charge in [0.2, 0.25) is 0 Å². The number of nitrogens with zero attached hydrogens (tertiary/aromatic N) is 3. The van der Waals surface area contributed by atoms with E-state index in [1.165, 1.54) is 18.3 Å². The summed E-state index contributed by atoms with van der Waals surface area (Å²) in [5.41, 5.74) is 2.60. The first kappa shape index (κ1) is 30.3. The van der Waals surface area contributed by atoms with Crippen molar-refractivity contribution in [2.24, 2.45) is 5.10 Å². The highest BCUT2D eigenvalue weighted by molar-refractivity contribution is 5.83. The summed E-state index contributed by atoms with van der Waals surface area (Å²) in [6.07, 6.45) is -0.901. The van der Waals surface area contributed by atoms with Gasteiger partial charge in [-0.2, -0.15) is 22.9 Å². The monoisotopic (exact) mass is 597 g/mol. The molecule has 0 radical (unpaired) electrons. The Hall–Kier alpha value is -5.18. The molecule has 6 nitrogen and oxygen atoms in total. The van der Waals surface area contributed by atoms with E-state index in [9.17, 15) is 18.0 Å². The van der Waals surface area contributed by atoms with E-state index in [4.69, 9.17) is 9.47 Å². The Kier molecular flexibility index (Phi) is 8.94. The number of aryl methyl sites for hydroxylation is 1. The van der Waals surface area contributed by atoms with Crippen LogP contribution in [0, 0.1) is 6.92 Å². The van der Waals surface area contributed by atoms with Crippen molar-refractivity contribution in [3.8, 4) is 22.9 Å². The zero-order valence-corrected chi connectivity index (χ0v) is 24.3. The number of hydrogen-bond donors (Lipinski definition) is 0. The highest BCUT2D eigenvalue weighted by atomic mass is 19.4. The predicted molar refractivity (Wildman–Crippen MR) is 166 cm³/mol. The van der Waals surface area contributed by atoms with Crippen molar-refractivity contribution in [1.82, 2.24) is 9.66 Å². The van der Waals surface area contributed by atoms with Gasteiger partial charge in [-0.25, -0.2) is 4.98 Å². The lowest BCUT2D eigenvalue weighted by Gasteiger charge is -2.17. The molecule has 0 atom stereocenters. The van der Waals surface area contributed by atoms with Gasteiger partial charge in [-0.1, -0.05) is 60.2 Å².